The van der Waals surface area contributed by atoms with E-state index in [0.29, 0.717) is 11.6 Å². The van der Waals surface area contributed by atoms with E-state index in [1.165, 1.54) is 5.56 Å². The van der Waals surface area contributed by atoms with E-state index < -0.39 is 0 Å². The molecule has 0 atom stereocenters. The third kappa shape index (κ3) is 4.63. The van der Waals surface area contributed by atoms with E-state index in [9.17, 15) is 0 Å². The van der Waals surface area contributed by atoms with Gasteiger partial charge in [-0.2, -0.15) is 0 Å². The Morgan fingerprint density at radius 1 is 1.19 bits per heavy atom. The first kappa shape index (κ1) is 15.6. The zero-order chi connectivity index (χ0) is 15.2. The molecule has 2 rings (SSSR count). The molecule has 0 saturated heterocycles. The van der Waals surface area contributed by atoms with E-state index in [1.54, 1.807) is 18.1 Å². The molecular formula is C16H22N4S. The Balaban J connectivity index is 2.08. The first-order chi connectivity index (χ1) is 10.1. The molecular weight excluding hydrogens is 280 g/mol. The van der Waals surface area contributed by atoms with Crippen LogP contribution in [0.15, 0.2) is 40.5 Å². The van der Waals surface area contributed by atoms with Gasteiger partial charge in [-0.15, -0.1) is 0 Å². The summed E-state index contributed by atoms with van der Waals surface area (Å²) in [4.78, 5) is 9.64. The van der Waals surface area contributed by atoms with Crippen molar-refractivity contribution in [3.05, 3.63) is 36.2 Å². The Bertz CT molecular complexity index is 581. The summed E-state index contributed by atoms with van der Waals surface area (Å²) in [5, 5.41) is 4.08. The van der Waals surface area contributed by atoms with Gasteiger partial charge >= 0.3 is 0 Å². The lowest BCUT2D eigenvalue weighted by Gasteiger charge is -2.11. The van der Waals surface area contributed by atoms with Gasteiger partial charge in [0.2, 0.25) is 0 Å². The smallest absolute Gasteiger partial charge is 0.153 e. The van der Waals surface area contributed by atoms with Gasteiger partial charge in [-0.3, -0.25) is 0 Å². The van der Waals surface area contributed by atoms with Crippen LogP contribution in [0.1, 0.15) is 25.8 Å². The fourth-order valence-corrected chi connectivity index (χ4v) is 2.60. The Hall–Kier alpha value is -1.75. The lowest BCUT2D eigenvalue weighted by atomic mass is 10.1. The van der Waals surface area contributed by atoms with Crippen LogP contribution in [0.4, 0.5) is 11.5 Å². The maximum atomic E-state index is 6.17. The Kier molecular flexibility index (Phi) is 5.44. The Morgan fingerprint density at radius 3 is 2.57 bits per heavy atom. The molecule has 21 heavy (non-hydrogen) atoms. The summed E-state index contributed by atoms with van der Waals surface area (Å²) in [5.74, 6) is 1.38. The van der Waals surface area contributed by atoms with Crippen molar-refractivity contribution in [1.29, 1.82) is 0 Å². The number of nitrogens with zero attached hydrogens (tertiary/aromatic N) is 2. The van der Waals surface area contributed by atoms with Crippen molar-refractivity contribution in [2.45, 2.75) is 37.1 Å². The van der Waals surface area contributed by atoms with Gasteiger partial charge in [0.15, 0.2) is 5.82 Å². The molecule has 4 nitrogen and oxygen atoms in total. The summed E-state index contributed by atoms with van der Waals surface area (Å²) in [6.45, 7) is 7.34. The molecule has 2 aromatic rings. The van der Waals surface area contributed by atoms with Crippen LogP contribution in [0.5, 0.6) is 0 Å². The van der Waals surface area contributed by atoms with Crippen LogP contribution in [-0.2, 0) is 0 Å². The SMILES string of the molecule is Cc1ccc(Sc2ncnc(NCCC(C)C)c2N)cc1. The molecule has 0 unspecified atom stereocenters. The van der Waals surface area contributed by atoms with Crippen LogP contribution in [0.25, 0.3) is 0 Å². The third-order valence-electron chi connectivity index (χ3n) is 3.10. The number of hydrogen-bond donors (Lipinski definition) is 2. The zero-order valence-corrected chi connectivity index (χ0v) is 13.6. The van der Waals surface area contributed by atoms with E-state index in [1.807, 2.05) is 0 Å². The second kappa shape index (κ2) is 7.31. The highest BCUT2D eigenvalue weighted by atomic mass is 32.2. The van der Waals surface area contributed by atoms with E-state index in [4.69, 9.17) is 5.73 Å². The molecule has 0 fully saturated rings. The molecule has 1 heterocycles. The average molecular weight is 302 g/mol. The molecule has 1 aromatic heterocycles. The van der Waals surface area contributed by atoms with E-state index in [-0.39, 0.29) is 0 Å². The maximum absolute atomic E-state index is 6.17. The number of nitrogens with one attached hydrogen (secondary N) is 1. The molecule has 5 heteroatoms. The molecule has 0 aliphatic rings. The quantitative estimate of drug-likeness (QED) is 0.790. The lowest BCUT2D eigenvalue weighted by molar-refractivity contribution is 0.606. The Morgan fingerprint density at radius 2 is 1.90 bits per heavy atom. The fraction of sp³-hybridized carbons (Fsp3) is 0.375. The van der Waals surface area contributed by atoms with Crippen LogP contribution in [-0.4, -0.2) is 16.5 Å². The summed E-state index contributed by atoms with van der Waals surface area (Å²) in [7, 11) is 0. The minimum Gasteiger partial charge on any atom is -0.394 e. The first-order valence-corrected chi connectivity index (χ1v) is 7.96. The van der Waals surface area contributed by atoms with Crippen molar-refractivity contribution in [2.24, 2.45) is 5.92 Å². The molecule has 3 N–H and O–H groups in total. The second-order valence-electron chi connectivity index (χ2n) is 5.47. The van der Waals surface area contributed by atoms with Gasteiger partial charge in [-0.05, 0) is 31.4 Å². The van der Waals surface area contributed by atoms with E-state index in [0.717, 1.165) is 28.7 Å². The van der Waals surface area contributed by atoms with Crippen molar-refractivity contribution >= 4 is 23.3 Å². The standard InChI is InChI=1S/C16H22N4S/c1-11(2)8-9-18-15-14(17)16(20-10-19-15)21-13-6-4-12(3)5-7-13/h4-7,10-11H,8-9,17H2,1-3H3,(H,18,19,20). The van der Waals surface area contributed by atoms with Crippen LogP contribution >= 0.6 is 11.8 Å². The maximum Gasteiger partial charge on any atom is 0.153 e. The number of nitrogens with two attached hydrogens (primary N) is 1. The summed E-state index contributed by atoms with van der Waals surface area (Å²) >= 11 is 1.56. The van der Waals surface area contributed by atoms with Gasteiger partial charge < -0.3 is 11.1 Å². The predicted octanol–water partition coefficient (Wildman–Crippen LogP) is 3.98. The molecule has 1 aromatic carbocycles. The zero-order valence-electron chi connectivity index (χ0n) is 12.8. The average Bonchev–Trinajstić information content (AvgIpc) is 2.45. The number of benzene rings is 1. The number of rotatable bonds is 6. The number of aryl methyl sites for hydroxylation is 1. The molecule has 0 spiro atoms. The largest absolute Gasteiger partial charge is 0.394 e. The first-order valence-electron chi connectivity index (χ1n) is 7.15. The molecule has 0 aliphatic carbocycles. The molecule has 112 valence electrons. The number of anilines is 2. The topological polar surface area (TPSA) is 63.8 Å². The number of aromatic nitrogens is 2. The minimum absolute atomic E-state index is 0.617. The summed E-state index contributed by atoms with van der Waals surface area (Å²) < 4.78 is 0. The van der Waals surface area contributed by atoms with Crippen LogP contribution in [0, 0.1) is 12.8 Å². The van der Waals surface area contributed by atoms with Crippen LogP contribution in [0.2, 0.25) is 0 Å². The van der Waals surface area contributed by atoms with Gasteiger partial charge in [0.25, 0.3) is 0 Å². The molecule has 0 bridgehead atoms. The predicted molar refractivity (Wildman–Crippen MR) is 89.7 cm³/mol. The van der Waals surface area contributed by atoms with Gasteiger partial charge in [0.05, 0.1) is 0 Å². The molecule has 0 radical (unpaired) electrons. The molecule has 0 saturated carbocycles. The Labute approximate surface area is 130 Å². The second-order valence-corrected chi connectivity index (χ2v) is 6.53. The summed E-state index contributed by atoms with van der Waals surface area (Å²) in [6, 6.07) is 8.32. The monoisotopic (exact) mass is 302 g/mol. The molecule has 0 aliphatic heterocycles. The van der Waals surface area contributed by atoms with Crippen LogP contribution < -0.4 is 11.1 Å². The highest BCUT2D eigenvalue weighted by Gasteiger charge is 2.09. The number of hydrogen-bond acceptors (Lipinski definition) is 5. The summed E-state index contributed by atoms with van der Waals surface area (Å²) in [5.41, 5.74) is 8.03. The van der Waals surface area contributed by atoms with Crippen molar-refractivity contribution in [3.8, 4) is 0 Å². The number of nitrogen functional groups attached to an aromatic ring is 1. The third-order valence-corrected chi connectivity index (χ3v) is 4.12. The van der Waals surface area contributed by atoms with Crippen molar-refractivity contribution in [2.75, 3.05) is 17.6 Å². The highest BCUT2D eigenvalue weighted by Crippen LogP contribution is 2.32. The van der Waals surface area contributed by atoms with E-state index in [2.05, 4.69) is 60.3 Å². The summed E-state index contributed by atoms with van der Waals surface area (Å²) in [6.07, 6.45) is 2.65. The van der Waals surface area contributed by atoms with Gasteiger partial charge in [0, 0.05) is 11.4 Å². The normalized spacial score (nSPS) is 10.9. The van der Waals surface area contributed by atoms with Crippen molar-refractivity contribution in [3.63, 3.8) is 0 Å². The molecule has 0 amide bonds. The van der Waals surface area contributed by atoms with Crippen LogP contribution in [0.3, 0.4) is 0 Å². The fourth-order valence-electron chi connectivity index (χ4n) is 1.80. The van der Waals surface area contributed by atoms with Gasteiger partial charge in [-0.25, -0.2) is 9.97 Å². The van der Waals surface area contributed by atoms with Crippen molar-refractivity contribution < 1.29 is 0 Å². The highest BCUT2D eigenvalue weighted by molar-refractivity contribution is 7.99. The van der Waals surface area contributed by atoms with Crippen molar-refractivity contribution in [1.82, 2.24) is 9.97 Å². The lowest BCUT2D eigenvalue weighted by Crippen LogP contribution is -2.09. The van der Waals surface area contributed by atoms with E-state index >= 15 is 0 Å². The van der Waals surface area contributed by atoms with Gasteiger partial charge in [-0.1, -0.05) is 43.3 Å². The van der Waals surface area contributed by atoms with Gasteiger partial charge in [0.1, 0.15) is 17.0 Å². The minimum atomic E-state index is 0.617.